The van der Waals surface area contributed by atoms with Gasteiger partial charge in [-0.1, -0.05) is 0 Å². The Bertz CT molecular complexity index is 29.0. The molecule has 0 radical (unpaired) electrons. The summed E-state index contributed by atoms with van der Waals surface area (Å²) in [6.07, 6.45) is 0. The van der Waals surface area contributed by atoms with Crippen molar-refractivity contribution in [1.82, 2.24) is 0 Å². The van der Waals surface area contributed by atoms with Gasteiger partial charge in [0.25, 0.3) is 0 Å². The van der Waals surface area contributed by atoms with Gasteiger partial charge in [0.05, 0.1) is 0 Å². The molecule has 4 heavy (non-hydrogen) atoms. The normalized spacial score (nSPS) is 6.50. The molecule has 25 valence electrons. The van der Waals surface area contributed by atoms with Crippen LogP contribution in [0, 0.1) is 0 Å². The molecule has 0 spiro atoms. The first kappa shape index (κ1) is 4.35. The maximum atomic E-state index is 4.94. The summed E-state index contributed by atoms with van der Waals surface area (Å²) < 4.78 is 0.729. The molecule has 0 rings (SSSR count). The third-order valence-corrected chi connectivity index (χ3v) is 0. The van der Waals surface area contributed by atoms with Crippen molar-refractivity contribution in [2.45, 2.75) is 6.92 Å². The fraction of sp³-hybridized carbons (Fsp3) is 0.500. The van der Waals surface area contributed by atoms with Gasteiger partial charge in [-0.2, -0.15) is 0 Å². The van der Waals surface area contributed by atoms with E-state index in [9.17, 15) is 0 Å². The Morgan fingerprint density at radius 3 is 2.00 bits per heavy atom. The second-order valence-electron chi connectivity index (χ2n) is 0.587. The summed E-state index contributed by atoms with van der Waals surface area (Å²) >= 11 is 2.97. The molecular weight excluding hydrogens is 93.0 g/mol. The summed E-state index contributed by atoms with van der Waals surface area (Å²) in [5.41, 5.74) is 4.94. The van der Waals surface area contributed by atoms with Crippen LogP contribution >= 0.6 is 0 Å². The van der Waals surface area contributed by atoms with Gasteiger partial charge < -0.3 is 0 Å². The molecule has 0 bridgehead atoms. The van der Waals surface area contributed by atoms with Crippen LogP contribution in [0.2, 0.25) is 0 Å². The van der Waals surface area contributed by atoms with E-state index < -0.39 is 0 Å². The third kappa shape index (κ3) is 35.0. The van der Waals surface area contributed by atoms with E-state index in [4.69, 9.17) is 5.73 Å². The van der Waals surface area contributed by atoms with Crippen molar-refractivity contribution >= 4 is 4.54 Å². The third-order valence-electron chi connectivity index (χ3n) is 0. The van der Waals surface area contributed by atoms with Crippen LogP contribution < -0.4 is 5.73 Å². The van der Waals surface area contributed by atoms with E-state index in [1.54, 1.807) is 6.92 Å². The zero-order valence-corrected chi connectivity index (χ0v) is 3.64. The molecule has 0 aromatic heterocycles. The van der Waals surface area contributed by atoms with E-state index in [1.165, 1.54) is 0 Å². The summed E-state index contributed by atoms with van der Waals surface area (Å²) in [5, 5.41) is 0. The molecule has 0 aliphatic carbocycles. The molecule has 0 aliphatic rings. The summed E-state index contributed by atoms with van der Waals surface area (Å²) in [7, 11) is 0. The van der Waals surface area contributed by atoms with E-state index >= 15 is 0 Å². The predicted molar refractivity (Wildman–Crippen MR) is 14.9 cm³/mol. The Labute approximate surface area is 33.5 Å². The second-order valence-corrected chi connectivity index (χ2v) is 1.52. The van der Waals surface area contributed by atoms with E-state index in [2.05, 4.69) is 15.6 Å². The summed E-state index contributed by atoms with van der Waals surface area (Å²) in [4.78, 5) is 0. The average molecular weight is 98.0 g/mol. The molecule has 0 saturated heterocycles. The number of rotatable bonds is 0. The minimum atomic E-state index is 0.729. The standard InChI is InChI=1S/C2H5N.Mn/c1-2-3;/h3H2,1H3;. The van der Waals surface area contributed by atoms with Crippen LogP contribution in [0.25, 0.3) is 0 Å². The molecular formula is C2H5MnN. The van der Waals surface area contributed by atoms with Crippen LogP contribution in [-0.4, -0.2) is 4.54 Å². The first-order valence-corrected chi connectivity index (χ1v) is 1.57. The molecule has 0 aromatic carbocycles. The Balaban J connectivity index is 2.80. The Hall–Kier alpha value is 0.349. The van der Waals surface area contributed by atoms with Crippen LogP contribution in [0.1, 0.15) is 6.92 Å². The molecule has 0 unspecified atom stereocenters. The fourth-order valence-electron chi connectivity index (χ4n) is 0. The molecule has 0 atom stereocenters. The zero-order valence-electron chi connectivity index (χ0n) is 2.46. The maximum absolute atomic E-state index is 4.94. The zero-order chi connectivity index (χ0) is 3.58. The van der Waals surface area contributed by atoms with Crippen LogP contribution in [0.15, 0.2) is 0 Å². The van der Waals surface area contributed by atoms with E-state index in [0.717, 1.165) is 4.54 Å². The summed E-state index contributed by atoms with van der Waals surface area (Å²) in [6.45, 7) is 1.78. The van der Waals surface area contributed by atoms with Gasteiger partial charge in [-0.05, 0) is 0 Å². The summed E-state index contributed by atoms with van der Waals surface area (Å²) in [5.74, 6) is 0. The molecule has 0 saturated carbocycles. The van der Waals surface area contributed by atoms with Crippen LogP contribution in [0.3, 0.4) is 0 Å². The van der Waals surface area contributed by atoms with Crippen LogP contribution in [0.5, 0.6) is 0 Å². The molecule has 1 nitrogen and oxygen atoms in total. The van der Waals surface area contributed by atoms with Crippen molar-refractivity contribution in [2.75, 3.05) is 0 Å². The molecule has 0 aromatic rings. The van der Waals surface area contributed by atoms with E-state index in [0.29, 0.717) is 0 Å². The van der Waals surface area contributed by atoms with Crippen molar-refractivity contribution in [3.8, 4) is 0 Å². The van der Waals surface area contributed by atoms with Gasteiger partial charge in [0.2, 0.25) is 0 Å². The second kappa shape index (κ2) is 1.65. The molecule has 2 heteroatoms. The average Bonchev–Trinajstić information content (AvgIpc) is 0.811. The van der Waals surface area contributed by atoms with E-state index in [-0.39, 0.29) is 0 Å². The van der Waals surface area contributed by atoms with Gasteiger partial charge in [0.15, 0.2) is 0 Å². The summed E-state index contributed by atoms with van der Waals surface area (Å²) in [6, 6.07) is 0. The quantitative estimate of drug-likeness (QED) is 0.411. The molecule has 0 fully saturated rings. The van der Waals surface area contributed by atoms with Gasteiger partial charge >= 0.3 is 32.8 Å². The van der Waals surface area contributed by atoms with Gasteiger partial charge in [-0.25, -0.2) is 0 Å². The molecule has 0 heterocycles. The van der Waals surface area contributed by atoms with Crippen molar-refractivity contribution in [3.63, 3.8) is 0 Å². The van der Waals surface area contributed by atoms with Crippen molar-refractivity contribution in [2.24, 2.45) is 5.73 Å². The molecule has 0 aliphatic heterocycles. The number of hydrogen-bond donors (Lipinski definition) is 1. The topological polar surface area (TPSA) is 26.0 Å². The van der Waals surface area contributed by atoms with E-state index in [1.807, 2.05) is 0 Å². The molecule has 2 N–H and O–H groups in total. The van der Waals surface area contributed by atoms with Gasteiger partial charge in [0.1, 0.15) is 0 Å². The van der Waals surface area contributed by atoms with Gasteiger partial charge in [-0.3, -0.25) is 0 Å². The Morgan fingerprint density at radius 2 is 2.00 bits per heavy atom. The van der Waals surface area contributed by atoms with Gasteiger partial charge in [-0.15, -0.1) is 0 Å². The Morgan fingerprint density at radius 1 is 2.00 bits per heavy atom. The fourth-order valence-corrected chi connectivity index (χ4v) is 0. The minimum absolute atomic E-state index is 0.729. The number of nitrogens with two attached hydrogens (primary N) is 1. The van der Waals surface area contributed by atoms with Crippen molar-refractivity contribution < 1.29 is 15.6 Å². The first-order chi connectivity index (χ1) is 1.73. The predicted octanol–water partition coefficient (Wildman–Crippen LogP) is -0.358. The van der Waals surface area contributed by atoms with Crippen molar-refractivity contribution in [1.29, 1.82) is 0 Å². The monoisotopic (exact) mass is 98.0 g/mol. The van der Waals surface area contributed by atoms with Crippen molar-refractivity contribution in [3.05, 3.63) is 0 Å². The SMILES string of the molecule is C[C](N)=[Mn]. The molecule has 0 amide bonds. The van der Waals surface area contributed by atoms with Crippen LogP contribution in [-0.2, 0) is 15.6 Å². The Kier molecular flexibility index (Phi) is 1.79. The number of hydrogen-bond acceptors (Lipinski definition) is 1. The first-order valence-electron chi connectivity index (χ1n) is 0.978. The van der Waals surface area contributed by atoms with Crippen LogP contribution in [0.4, 0.5) is 0 Å². The van der Waals surface area contributed by atoms with Gasteiger partial charge in [0, 0.05) is 0 Å².